The molecule has 7 aromatic carbocycles. The number of hydrogen-bond acceptors (Lipinski definition) is 3. The van der Waals surface area contributed by atoms with Gasteiger partial charge in [-0.15, -0.1) is 0 Å². The van der Waals surface area contributed by atoms with Crippen molar-refractivity contribution in [2.24, 2.45) is 0 Å². The molecule has 0 aliphatic carbocycles. The maximum Gasteiger partial charge on any atom is 0.135 e. The summed E-state index contributed by atoms with van der Waals surface area (Å²) in [6.07, 6.45) is 0. The summed E-state index contributed by atoms with van der Waals surface area (Å²) >= 11 is 0. The molecule has 0 saturated heterocycles. The van der Waals surface area contributed by atoms with Crippen molar-refractivity contribution in [2.75, 3.05) is 0 Å². The van der Waals surface area contributed by atoms with E-state index in [1.165, 1.54) is 0 Å². The summed E-state index contributed by atoms with van der Waals surface area (Å²) in [6, 6.07) is 54.4. The fraction of sp³-hybridized carbons (Fsp3) is 0. The van der Waals surface area contributed by atoms with Gasteiger partial charge in [-0.2, -0.15) is 5.26 Å². The highest BCUT2D eigenvalue weighted by Gasteiger charge is 2.19. The first kappa shape index (κ1) is 26.1. The normalized spacial score (nSPS) is 11.5. The smallest absolute Gasteiger partial charge is 0.135 e. The average molecular weight is 588 g/mol. The molecule has 0 saturated carbocycles. The highest BCUT2D eigenvalue weighted by molar-refractivity contribution is 6.08. The molecule has 9 aromatic rings. The van der Waals surface area contributed by atoms with Gasteiger partial charge >= 0.3 is 0 Å². The van der Waals surface area contributed by atoms with Gasteiger partial charge in [-0.3, -0.25) is 0 Å². The van der Waals surface area contributed by atoms with Gasteiger partial charge in [-0.1, -0.05) is 103 Å². The van der Waals surface area contributed by atoms with Crippen molar-refractivity contribution in [3.05, 3.63) is 157 Å². The van der Waals surface area contributed by atoms with Crippen molar-refractivity contribution in [3.63, 3.8) is 0 Å². The van der Waals surface area contributed by atoms with Crippen molar-refractivity contribution < 1.29 is 8.83 Å². The quantitative estimate of drug-likeness (QED) is 0.206. The van der Waals surface area contributed by atoms with Crippen LogP contribution in [0.5, 0.6) is 0 Å². The lowest BCUT2D eigenvalue weighted by molar-refractivity contribution is 0.668. The second kappa shape index (κ2) is 10.4. The number of para-hydroxylation sites is 2. The molecule has 0 aliphatic heterocycles. The van der Waals surface area contributed by atoms with Crippen molar-refractivity contribution in [2.45, 2.75) is 0 Å². The van der Waals surface area contributed by atoms with Crippen LogP contribution in [0.15, 0.2) is 160 Å². The summed E-state index contributed by atoms with van der Waals surface area (Å²) in [5.41, 5.74) is 12.3. The van der Waals surface area contributed by atoms with E-state index in [1.807, 2.05) is 66.7 Å². The first-order chi connectivity index (χ1) is 22.7. The molecular formula is C43H25NO2. The van der Waals surface area contributed by atoms with Crippen molar-refractivity contribution >= 4 is 43.9 Å². The first-order valence-corrected chi connectivity index (χ1v) is 15.3. The maximum atomic E-state index is 10.5. The summed E-state index contributed by atoms with van der Waals surface area (Å²) in [4.78, 5) is 0. The van der Waals surface area contributed by atoms with Gasteiger partial charge < -0.3 is 8.83 Å². The number of fused-ring (bicyclic) bond motifs is 6. The molecule has 0 atom stereocenters. The van der Waals surface area contributed by atoms with Crippen molar-refractivity contribution in [1.29, 1.82) is 5.26 Å². The van der Waals surface area contributed by atoms with Crippen LogP contribution in [-0.2, 0) is 0 Å². The predicted octanol–water partition coefficient (Wildman–Crippen LogP) is 12.0. The van der Waals surface area contributed by atoms with E-state index in [4.69, 9.17) is 8.83 Å². The Morgan fingerprint density at radius 2 is 0.935 bits per heavy atom. The van der Waals surface area contributed by atoms with Crippen LogP contribution in [0.4, 0.5) is 0 Å². The van der Waals surface area contributed by atoms with Gasteiger partial charge in [0.25, 0.3) is 0 Å². The van der Waals surface area contributed by atoms with Gasteiger partial charge in [0, 0.05) is 27.1 Å². The predicted molar refractivity (Wildman–Crippen MR) is 187 cm³/mol. The molecule has 0 N–H and O–H groups in total. The lowest BCUT2D eigenvalue weighted by Gasteiger charge is -2.18. The molecule has 0 spiro atoms. The largest absolute Gasteiger partial charge is 0.456 e. The zero-order valence-corrected chi connectivity index (χ0v) is 24.7. The van der Waals surface area contributed by atoms with Gasteiger partial charge in [-0.05, 0) is 87.5 Å². The van der Waals surface area contributed by atoms with Crippen LogP contribution in [0.1, 0.15) is 5.56 Å². The molecule has 0 amide bonds. The Morgan fingerprint density at radius 3 is 1.63 bits per heavy atom. The summed E-state index contributed by atoms with van der Waals surface area (Å²) in [5, 5.41) is 14.8. The second-order valence-electron chi connectivity index (χ2n) is 11.6. The summed E-state index contributed by atoms with van der Waals surface area (Å²) in [6.45, 7) is 0. The average Bonchev–Trinajstić information content (AvgIpc) is 3.69. The number of furan rings is 2. The summed E-state index contributed by atoms with van der Waals surface area (Å²) in [5.74, 6) is 0. The van der Waals surface area contributed by atoms with E-state index in [1.54, 1.807) is 0 Å². The highest BCUT2D eigenvalue weighted by atomic mass is 16.3. The molecule has 0 fully saturated rings. The van der Waals surface area contributed by atoms with E-state index in [2.05, 4.69) is 91.0 Å². The van der Waals surface area contributed by atoms with Gasteiger partial charge in [0.2, 0.25) is 0 Å². The SMILES string of the molecule is N#Cc1cccc(-c2ccccc2)c1-c1cc(-c2ccc3oc4ccccc4c3c2)ccc1-c1ccc2oc3ccccc3c2c1. The monoisotopic (exact) mass is 587 g/mol. The highest BCUT2D eigenvalue weighted by Crippen LogP contribution is 2.44. The number of rotatable bonds is 4. The first-order valence-electron chi connectivity index (χ1n) is 15.3. The van der Waals surface area contributed by atoms with Crippen molar-refractivity contribution in [3.8, 4) is 50.6 Å². The Balaban J connectivity index is 1.32. The summed E-state index contributed by atoms with van der Waals surface area (Å²) in [7, 11) is 0. The van der Waals surface area contributed by atoms with Gasteiger partial charge in [0.05, 0.1) is 11.6 Å². The Bertz CT molecular complexity index is 2650. The lowest BCUT2D eigenvalue weighted by atomic mass is 9.84. The molecule has 9 rings (SSSR count). The standard InChI is InChI=1S/C43H25NO2/c44-26-31-11-8-14-33(27-9-2-1-3-10-27)43(31)38-24-28(29-18-21-41-36(23-29)34-12-4-6-15-39(34)45-41)17-20-32(38)30-19-22-42-37(25-30)35-13-5-7-16-40(35)46-42/h1-25H. The molecule has 2 aromatic heterocycles. The Morgan fingerprint density at radius 1 is 0.370 bits per heavy atom. The minimum Gasteiger partial charge on any atom is -0.456 e. The Labute approximate surface area is 265 Å². The molecule has 0 bridgehead atoms. The zero-order valence-electron chi connectivity index (χ0n) is 24.7. The summed E-state index contributed by atoms with van der Waals surface area (Å²) < 4.78 is 12.3. The van der Waals surface area contributed by atoms with Gasteiger partial charge in [0.15, 0.2) is 0 Å². The van der Waals surface area contributed by atoms with Gasteiger partial charge in [-0.25, -0.2) is 0 Å². The molecule has 0 radical (unpaired) electrons. The molecular weight excluding hydrogens is 562 g/mol. The van der Waals surface area contributed by atoms with Crippen molar-refractivity contribution in [1.82, 2.24) is 0 Å². The minimum atomic E-state index is 0.630. The number of hydrogen-bond donors (Lipinski definition) is 0. The molecule has 46 heavy (non-hydrogen) atoms. The third-order valence-electron chi connectivity index (χ3n) is 8.96. The lowest BCUT2D eigenvalue weighted by Crippen LogP contribution is -1.94. The molecule has 3 heteroatoms. The van der Waals surface area contributed by atoms with E-state index in [0.717, 1.165) is 88.4 Å². The third-order valence-corrected chi connectivity index (χ3v) is 8.96. The fourth-order valence-corrected chi connectivity index (χ4v) is 6.78. The maximum absolute atomic E-state index is 10.5. The van der Waals surface area contributed by atoms with Crippen LogP contribution in [0.2, 0.25) is 0 Å². The molecule has 0 aliphatic rings. The van der Waals surface area contributed by atoms with E-state index < -0.39 is 0 Å². The Hall–Kier alpha value is -6.37. The van der Waals surface area contributed by atoms with Crippen LogP contribution in [-0.4, -0.2) is 0 Å². The van der Waals surface area contributed by atoms with Crippen LogP contribution < -0.4 is 0 Å². The molecule has 214 valence electrons. The van der Waals surface area contributed by atoms with Crippen LogP contribution in [0, 0.1) is 11.3 Å². The second-order valence-corrected chi connectivity index (χ2v) is 11.6. The Kier molecular flexibility index (Phi) is 5.88. The van der Waals surface area contributed by atoms with E-state index in [0.29, 0.717) is 5.56 Å². The van der Waals surface area contributed by atoms with Crippen LogP contribution in [0.25, 0.3) is 88.4 Å². The van der Waals surface area contributed by atoms with Gasteiger partial charge in [0.1, 0.15) is 22.3 Å². The molecule has 2 heterocycles. The van der Waals surface area contributed by atoms with E-state index in [9.17, 15) is 5.26 Å². The number of benzene rings is 7. The van der Waals surface area contributed by atoms with E-state index in [-0.39, 0.29) is 0 Å². The number of nitrogens with zero attached hydrogens (tertiary/aromatic N) is 1. The topological polar surface area (TPSA) is 50.1 Å². The fourth-order valence-electron chi connectivity index (χ4n) is 6.78. The van der Waals surface area contributed by atoms with Crippen LogP contribution >= 0.6 is 0 Å². The third kappa shape index (κ3) is 4.13. The minimum absolute atomic E-state index is 0.630. The number of nitriles is 1. The zero-order chi connectivity index (χ0) is 30.6. The molecule has 0 unspecified atom stereocenters. The molecule has 3 nitrogen and oxygen atoms in total. The van der Waals surface area contributed by atoms with E-state index >= 15 is 0 Å². The van der Waals surface area contributed by atoms with Crippen LogP contribution in [0.3, 0.4) is 0 Å².